The second-order valence-corrected chi connectivity index (χ2v) is 10.6. The number of carbonyl (C=O) groups excluding carboxylic acids is 1. The maximum Gasteiger partial charge on any atom is 0.252 e. The summed E-state index contributed by atoms with van der Waals surface area (Å²) in [6.07, 6.45) is 5.58. The zero-order chi connectivity index (χ0) is 21.2. The zero-order valence-corrected chi connectivity index (χ0v) is 18.2. The van der Waals surface area contributed by atoms with E-state index in [1.54, 1.807) is 38.1 Å². The summed E-state index contributed by atoms with van der Waals surface area (Å²) >= 11 is 1.43. The van der Waals surface area contributed by atoms with Crippen molar-refractivity contribution in [2.45, 2.75) is 43.9 Å². The first kappa shape index (κ1) is 21.0. The number of terminal acetylenes is 1. The second-order valence-electron chi connectivity index (χ2n) is 7.07. The molecule has 0 aliphatic rings. The van der Waals surface area contributed by atoms with E-state index in [1.165, 1.54) is 11.3 Å². The summed E-state index contributed by atoms with van der Waals surface area (Å²) in [4.78, 5) is 17.6. The lowest BCUT2D eigenvalue weighted by molar-refractivity contribution is -0.117. The summed E-state index contributed by atoms with van der Waals surface area (Å²) in [6.45, 7) is 5.62. The van der Waals surface area contributed by atoms with E-state index in [0.717, 1.165) is 15.8 Å². The van der Waals surface area contributed by atoms with Crippen LogP contribution in [0.25, 0.3) is 10.2 Å². The van der Waals surface area contributed by atoms with Crippen LogP contribution in [0.1, 0.15) is 25.0 Å². The molecule has 1 heterocycles. The summed E-state index contributed by atoms with van der Waals surface area (Å²) in [5.74, 6) is 2.30. The molecule has 7 heteroatoms. The van der Waals surface area contributed by atoms with Crippen LogP contribution in [0.4, 0.5) is 0 Å². The van der Waals surface area contributed by atoms with Gasteiger partial charge in [0.1, 0.15) is 0 Å². The molecule has 0 aliphatic carbocycles. The highest BCUT2D eigenvalue weighted by atomic mass is 32.2. The van der Waals surface area contributed by atoms with E-state index in [0.29, 0.717) is 16.9 Å². The Balaban J connectivity index is 1.90. The van der Waals surface area contributed by atoms with Crippen LogP contribution in [0.15, 0.2) is 52.4 Å². The molecule has 2 aromatic carbocycles. The van der Waals surface area contributed by atoms with Gasteiger partial charge in [0.15, 0.2) is 14.6 Å². The van der Waals surface area contributed by atoms with Gasteiger partial charge in [-0.3, -0.25) is 4.79 Å². The smallest absolute Gasteiger partial charge is 0.252 e. The summed E-state index contributed by atoms with van der Waals surface area (Å²) in [6, 6.07) is 12.4. The molecule has 0 saturated carbocycles. The van der Waals surface area contributed by atoms with Crippen molar-refractivity contribution in [3.05, 3.63) is 58.4 Å². The second kappa shape index (κ2) is 8.36. The Hall–Kier alpha value is -2.69. The normalized spacial score (nSPS) is 12.4. The van der Waals surface area contributed by atoms with E-state index in [1.807, 2.05) is 29.7 Å². The van der Waals surface area contributed by atoms with Crippen LogP contribution in [0.3, 0.4) is 0 Å². The first-order valence-electron chi connectivity index (χ1n) is 9.16. The highest BCUT2D eigenvalue weighted by Gasteiger charge is 2.18. The molecule has 0 fully saturated rings. The summed E-state index contributed by atoms with van der Waals surface area (Å²) in [5, 5.41) is -0.492. The topological polar surface area (TPSA) is 68.5 Å². The van der Waals surface area contributed by atoms with E-state index in [-0.39, 0.29) is 17.2 Å². The van der Waals surface area contributed by atoms with Crippen LogP contribution < -0.4 is 4.80 Å². The van der Waals surface area contributed by atoms with Crippen molar-refractivity contribution < 1.29 is 13.2 Å². The predicted octanol–water partition coefficient (Wildman–Crippen LogP) is 3.50. The monoisotopic (exact) mass is 426 g/mol. The lowest BCUT2D eigenvalue weighted by Gasteiger charge is -2.08. The molecule has 0 saturated heterocycles. The Labute approximate surface area is 174 Å². The van der Waals surface area contributed by atoms with Gasteiger partial charge in [-0.05, 0) is 56.2 Å². The van der Waals surface area contributed by atoms with Gasteiger partial charge in [0.2, 0.25) is 0 Å². The SMILES string of the molecule is C#CCn1c(=NC(=O)Cc2ccc(S(=O)(=O)C(C)C)cc2)sc2cc(C)ccc21. The van der Waals surface area contributed by atoms with Crippen LogP contribution >= 0.6 is 11.3 Å². The molecule has 3 rings (SSSR count). The van der Waals surface area contributed by atoms with Crippen molar-refractivity contribution >= 4 is 37.3 Å². The third-order valence-electron chi connectivity index (χ3n) is 4.54. The van der Waals surface area contributed by atoms with Gasteiger partial charge in [0.25, 0.3) is 5.91 Å². The molecular formula is C22H22N2O3S2. The van der Waals surface area contributed by atoms with E-state index >= 15 is 0 Å². The van der Waals surface area contributed by atoms with Gasteiger partial charge in [-0.1, -0.05) is 35.5 Å². The zero-order valence-electron chi connectivity index (χ0n) is 16.5. The molecule has 0 unspecified atom stereocenters. The molecule has 0 atom stereocenters. The third kappa shape index (κ3) is 4.50. The van der Waals surface area contributed by atoms with Gasteiger partial charge in [0, 0.05) is 0 Å². The van der Waals surface area contributed by atoms with E-state index < -0.39 is 15.1 Å². The largest absolute Gasteiger partial charge is 0.305 e. The molecule has 0 N–H and O–H groups in total. The molecule has 150 valence electrons. The van der Waals surface area contributed by atoms with Crippen molar-refractivity contribution in [2.24, 2.45) is 4.99 Å². The maximum atomic E-state index is 12.5. The minimum atomic E-state index is -3.33. The Morgan fingerprint density at radius 2 is 1.90 bits per heavy atom. The predicted molar refractivity (Wildman–Crippen MR) is 116 cm³/mol. The van der Waals surface area contributed by atoms with Gasteiger partial charge in [0.05, 0.1) is 33.3 Å². The number of fused-ring (bicyclic) bond motifs is 1. The Morgan fingerprint density at radius 3 is 2.52 bits per heavy atom. The summed E-state index contributed by atoms with van der Waals surface area (Å²) in [7, 11) is -3.33. The van der Waals surface area contributed by atoms with E-state index in [9.17, 15) is 13.2 Å². The first-order chi connectivity index (χ1) is 13.7. The number of aromatic nitrogens is 1. The molecule has 1 amide bonds. The van der Waals surface area contributed by atoms with E-state index in [2.05, 4.69) is 10.9 Å². The number of rotatable bonds is 5. The van der Waals surface area contributed by atoms with Crippen molar-refractivity contribution in [1.29, 1.82) is 0 Å². The highest BCUT2D eigenvalue weighted by Crippen LogP contribution is 2.19. The van der Waals surface area contributed by atoms with Crippen molar-refractivity contribution in [3.63, 3.8) is 0 Å². The van der Waals surface area contributed by atoms with E-state index in [4.69, 9.17) is 6.42 Å². The van der Waals surface area contributed by atoms with Crippen LogP contribution in [0.2, 0.25) is 0 Å². The number of hydrogen-bond donors (Lipinski definition) is 0. The molecule has 1 aromatic heterocycles. The first-order valence-corrected chi connectivity index (χ1v) is 11.5. The molecule has 29 heavy (non-hydrogen) atoms. The number of carbonyl (C=O) groups is 1. The van der Waals surface area contributed by atoms with Crippen LogP contribution in [0.5, 0.6) is 0 Å². The van der Waals surface area contributed by atoms with Gasteiger partial charge >= 0.3 is 0 Å². The Bertz CT molecular complexity index is 1270. The number of thiazole rings is 1. The third-order valence-corrected chi connectivity index (χ3v) is 7.75. The van der Waals surface area contributed by atoms with Gasteiger partial charge in [-0.15, -0.1) is 6.42 Å². The van der Waals surface area contributed by atoms with Crippen molar-refractivity contribution in [2.75, 3.05) is 0 Å². The summed E-state index contributed by atoms with van der Waals surface area (Å²) < 4.78 is 27.3. The van der Waals surface area contributed by atoms with Crippen LogP contribution in [-0.4, -0.2) is 24.1 Å². The molecule has 5 nitrogen and oxygen atoms in total. The minimum Gasteiger partial charge on any atom is -0.305 e. The molecule has 0 spiro atoms. The lowest BCUT2D eigenvalue weighted by Crippen LogP contribution is -2.17. The fraction of sp³-hybridized carbons (Fsp3) is 0.273. The standard InChI is InChI=1S/C22H22N2O3S2/c1-5-12-24-19-11-6-16(4)13-20(19)28-22(24)23-21(25)14-17-7-9-18(10-8-17)29(26,27)15(2)3/h1,6-11,13,15H,12,14H2,2-4H3. The average Bonchev–Trinajstić information content (AvgIpc) is 2.98. The number of nitrogens with zero attached hydrogens (tertiary/aromatic N) is 2. The minimum absolute atomic E-state index is 0.0886. The molecule has 0 aliphatic heterocycles. The number of hydrogen-bond acceptors (Lipinski definition) is 4. The van der Waals surface area contributed by atoms with Crippen LogP contribution in [-0.2, 0) is 27.6 Å². The summed E-state index contributed by atoms with van der Waals surface area (Å²) in [5.41, 5.74) is 2.79. The van der Waals surface area contributed by atoms with Crippen molar-refractivity contribution in [1.82, 2.24) is 4.57 Å². The highest BCUT2D eigenvalue weighted by molar-refractivity contribution is 7.92. The molecule has 0 bridgehead atoms. The van der Waals surface area contributed by atoms with Gasteiger partial charge in [-0.25, -0.2) is 8.42 Å². The lowest BCUT2D eigenvalue weighted by atomic mass is 10.1. The quantitative estimate of drug-likeness (QED) is 0.587. The van der Waals surface area contributed by atoms with Crippen LogP contribution in [0, 0.1) is 19.3 Å². The number of sulfone groups is 1. The van der Waals surface area contributed by atoms with Gasteiger partial charge in [-0.2, -0.15) is 4.99 Å². The van der Waals surface area contributed by atoms with Gasteiger partial charge < -0.3 is 4.57 Å². The fourth-order valence-electron chi connectivity index (χ4n) is 2.90. The average molecular weight is 427 g/mol. The maximum absolute atomic E-state index is 12.5. The Morgan fingerprint density at radius 1 is 1.21 bits per heavy atom. The number of amides is 1. The fourth-order valence-corrected chi connectivity index (χ4v) is 5.10. The molecule has 3 aromatic rings. The Kier molecular flexibility index (Phi) is 6.06. The molecular weight excluding hydrogens is 404 g/mol. The number of benzene rings is 2. The molecule has 0 radical (unpaired) electrons. The number of aryl methyl sites for hydroxylation is 1. The van der Waals surface area contributed by atoms with Crippen molar-refractivity contribution in [3.8, 4) is 12.3 Å².